The molecular weight excluding hydrogens is 800 g/mol. The topological polar surface area (TPSA) is 117 Å². The maximum atomic E-state index is 4.48. The quantitative estimate of drug-likeness (QED) is 0.0616. The maximum absolute atomic E-state index is 4.48. The molecule has 0 spiro atoms. The molecule has 0 rings (SSSR count). The molecule has 312 valence electrons. The van der Waals surface area contributed by atoms with Gasteiger partial charge in [0.1, 0.15) is 12.6 Å². The SMILES string of the molecule is CC(C)NC(NC(C)C)N(C)C.CC(C)NC(NC(C)C)N(C)C.CC(C)[N-]C([N-]C(C)C)N(C)C.CC(C)[N-]C([N-]C(C)C)N(C)C.[CH3-].[CH3-].[Sr+2].[Sr+2]. The maximum Gasteiger partial charge on any atom is 2.00 e. The molecule has 52 heavy (non-hydrogen) atoms. The smallest absolute Gasteiger partial charge is 0.663 e. The van der Waals surface area contributed by atoms with Crippen molar-refractivity contribution in [3.63, 3.8) is 0 Å². The third kappa shape index (κ3) is 54.6. The van der Waals surface area contributed by atoms with E-state index in [9.17, 15) is 0 Å². The molecule has 4 N–H and O–H groups in total. The van der Waals surface area contributed by atoms with Gasteiger partial charge in [0.15, 0.2) is 0 Å². The van der Waals surface area contributed by atoms with Gasteiger partial charge in [-0.1, -0.05) is 55.4 Å². The van der Waals surface area contributed by atoms with Crippen LogP contribution in [0.2, 0.25) is 0 Å². The number of hydrogen-bond acceptors (Lipinski definition) is 8. The summed E-state index contributed by atoms with van der Waals surface area (Å²) in [5.74, 6) is 0. The van der Waals surface area contributed by atoms with Crippen molar-refractivity contribution in [3.05, 3.63) is 36.1 Å². The Labute approximate surface area is 403 Å². The van der Waals surface area contributed by atoms with Crippen molar-refractivity contribution in [2.24, 2.45) is 0 Å². The van der Waals surface area contributed by atoms with Gasteiger partial charge in [-0.25, -0.2) is 0 Å². The molecule has 0 saturated heterocycles. The zero-order valence-electron chi connectivity index (χ0n) is 39.9. The van der Waals surface area contributed by atoms with Gasteiger partial charge in [0.05, 0.1) is 0 Å². The Morgan fingerprint density at radius 2 is 0.462 bits per heavy atom. The molecule has 0 radical (unpaired) electrons. The standard InChI is InChI=1S/2C9H23N3.2C9H21N3.2CH3.2Sr/c4*1-7(2)10-9(12(5)6)11-8(3)4;;;;/h2*7-11H,1-6H3;2*7-9H,1-6H3;2*1H3;;/q;;2*-2;2*-1;2*+2. The predicted molar refractivity (Wildman–Crippen MR) is 241 cm³/mol. The largest absolute Gasteiger partial charge is 2.00 e. The average molecular weight is 894 g/mol. The van der Waals surface area contributed by atoms with Crippen LogP contribution in [0.3, 0.4) is 0 Å². The Balaban J connectivity index is -0.0000000807. The van der Waals surface area contributed by atoms with Crippen LogP contribution >= 0.6 is 0 Å². The van der Waals surface area contributed by atoms with Crippen molar-refractivity contribution in [2.45, 2.75) is 184 Å². The molecule has 0 unspecified atom stereocenters. The van der Waals surface area contributed by atoms with Crippen LogP contribution < -0.4 is 21.3 Å². The molecule has 0 amide bonds. The van der Waals surface area contributed by atoms with Crippen LogP contribution in [0.25, 0.3) is 21.3 Å². The number of nitrogens with one attached hydrogen (secondary N) is 4. The van der Waals surface area contributed by atoms with Gasteiger partial charge in [-0.3, -0.25) is 31.1 Å². The van der Waals surface area contributed by atoms with E-state index < -0.39 is 0 Å². The van der Waals surface area contributed by atoms with Crippen LogP contribution in [-0.4, -0.2) is 240 Å². The molecule has 0 atom stereocenters. The van der Waals surface area contributed by atoms with Gasteiger partial charge >= 0.3 is 91.0 Å². The van der Waals surface area contributed by atoms with Gasteiger partial charge in [-0.2, -0.15) is 12.6 Å². The first-order valence-electron chi connectivity index (χ1n) is 18.2. The van der Waals surface area contributed by atoms with Crippen molar-refractivity contribution in [3.8, 4) is 0 Å². The van der Waals surface area contributed by atoms with Crippen LogP contribution in [0.1, 0.15) is 111 Å². The van der Waals surface area contributed by atoms with E-state index in [-0.39, 0.29) is 131 Å². The summed E-state index contributed by atoms with van der Waals surface area (Å²) in [4.78, 5) is 8.33. The first-order valence-corrected chi connectivity index (χ1v) is 18.2. The van der Waals surface area contributed by atoms with Crippen molar-refractivity contribution in [1.29, 1.82) is 0 Å². The molecule has 0 aliphatic carbocycles. The summed E-state index contributed by atoms with van der Waals surface area (Å²) in [5, 5.41) is 31.6. The fourth-order valence-corrected chi connectivity index (χ4v) is 3.63. The number of nitrogens with zero attached hydrogens (tertiary/aromatic N) is 8. The van der Waals surface area contributed by atoms with E-state index in [1.807, 2.05) is 38.0 Å². The van der Waals surface area contributed by atoms with Crippen LogP contribution in [0.15, 0.2) is 0 Å². The molecule has 0 aliphatic rings. The van der Waals surface area contributed by atoms with E-state index in [0.717, 1.165) is 0 Å². The number of hydrogen-bond donors (Lipinski definition) is 4. The molecule has 0 heterocycles. The van der Waals surface area contributed by atoms with Gasteiger partial charge < -0.3 is 45.9 Å². The van der Waals surface area contributed by atoms with Crippen molar-refractivity contribution in [2.75, 3.05) is 56.4 Å². The summed E-state index contributed by atoms with van der Waals surface area (Å²) in [6, 6.07) is 3.40. The summed E-state index contributed by atoms with van der Waals surface area (Å²) in [5.41, 5.74) is 0. The van der Waals surface area contributed by atoms with Gasteiger partial charge in [-0.05, 0) is 112 Å². The first-order chi connectivity index (χ1) is 21.7. The van der Waals surface area contributed by atoms with Crippen molar-refractivity contribution >= 4 is 91.0 Å². The van der Waals surface area contributed by atoms with Gasteiger partial charge in [0.25, 0.3) is 0 Å². The van der Waals surface area contributed by atoms with Crippen molar-refractivity contribution < 1.29 is 0 Å². The summed E-state index contributed by atoms with van der Waals surface area (Å²) in [6.45, 7) is 33.8. The molecule has 0 aliphatic heterocycles. The Morgan fingerprint density at radius 3 is 0.538 bits per heavy atom. The molecule has 0 aromatic carbocycles. The summed E-state index contributed by atoms with van der Waals surface area (Å²) < 4.78 is 0. The van der Waals surface area contributed by atoms with E-state index in [1.54, 1.807) is 0 Å². The zero-order valence-corrected chi connectivity index (χ0v) is 46.9. The van der Waals surface area contributed by atoms with Gasteiger partial charge in [0.2, 0.25) is 0 Å². The molecule has 14 heteroatoms. The second-order valence-corrected chi connectivity index (χ2v) is 15.6. The first kappa shape index (κ1) is 72.1. The van der Waals surface area contributed by atoms with Crippen LogP contribution in [0.4, 0.5) is 0 Å². The minimum Gasteiger partial charge on any atom is -0.663 e. The van der Waals surface area contributed by atoms with E-state index in [1.165, 1.54) is 0 Å². The Hall–Kier alpha value is 2.48. The second-order valence-electron chi connectivity index (χ2n) is 15.6. The minimum absolute atomic E-state index is 0. The summed E-state index contributed by atoms with van der Waals surface area (Å²) >= 11 is 0. The summed E-state index contributed by atoms with van der Waals surface area (Å²) in [7, 11) is 16.3. The third-order valence-electron chi connectivity index (χ3n) is 5.65. The monoisotopic (exact) mass is 895 g/mol. The Morgan fingerprint density at radius 1 is 0.308 bits per heavy atom. The Kier molecular flexibility index (Phi) is 59.7. The fourth-order valence-electron chi connectivity index (χ4n) is 3.63. The molecule has 0 bridgehead atoms. The second kappa shape index (κ2) is 43.1. The van der Waals surface area contributed by atoms with E-state index in [0.29, 0.717) is 48.3 Å². The molecule has 0 aromatic rings. The summed E-state index contributed by atoms with van der Waals surface area (Å²) in [6.07, 6.45) is 0.574. The van der Waals surface area contributed by atoms with Crippen LogP contribution in [0, 0.1) is 14.9 Å². The molecular formula is C38H94N12Sr2-2. The van der Waals surface area contributed by atoms with Gasteiger partial charge in [0, 0.05) is 24.2 Å². The molecule has 0 aromatic heterocycles. The zero-order chi connectivity index (χ0) is 38.9. The molecule has 0 fully saturated rings. The predicted octanol–water partition coefficient (Wildman–Crippen LogP) is 6.59. The van der Waals surface area contributed by atoms with E-state index in [2.05, 4.69) is 191 Å². The molecule has 0 saturated carbocycles. The van der Waals surface area contributed by atoms with Crippen molar-refractivity contribution in [1.82, 2.24) is 40.9 Å². The minimum atomic E-state index is 0. The number of rotatable bonds is 20. The van der Waals surface area contributed by atoms with Crippen LogP contribution in [-0.2, 0) is 0 Å². The van der Waals surface area contributed by atoms with E-state index in [4.69, 9.17) is 0 Å². The van der Waals surface area contributed by atoms with Gasteiger partial charge in [-0.15, -0.1) is 24.2 Å². The third-order valence-corrected chi connectivity index (χ3v) is 5.65. The van der Waals surface area contributed by atoms with Crippen LogP contribution in [0.5, 0.6) is 0 Å². The van der Waals surface area contributed by atoms with E-state index >= 15 is 0 Å². The fraction of sp³-hybridized carbons (Fsp3) is 0.947. The normalized spacial score (nSPS) is 11.5. The Bertz CT molecular complexity index is 526. The average Bonchev–Trinajstić information content (AvgIpc) is 2.86. The molecule has 12 nitrogen and oxygen atoms in total.